The van der Waals surface area contributed by atoms with Gasteiger partial charge >= 0.3 is 5.97 Å². The molecule has 0 aromatic heterocycles. The summed E-state index contributed by atoms with van der Waals surface area (Å²) in [6.45, 7) is 0. The SMILES string of the molecule is COC(=O)c1cc(S)c(C#N)cc1Br. The van der Waals surface area contributed by atoms with Crippen LogP contribution in [-0.2, 0) is 4.74 Å². The van der Waals surface area contributed by atoms with E-state index in [9.17, 15) is 4.79 Å². The Hall–Kier alpha value is -0.990. The molecule has 1 aromatic carbocycles. The maximum Gasteiger partial charge on any atom is 0.339 e. The van der Waals surface area contributed by atoms with E-state index >= 15 is 0 Å². The molecule has 1 aromatic rings. The van der Waals surface area contributed by atoms with Crippen LogP contribution in [0.15, 0.2) is 21.5 Å². The van der Waals surface area contributed by atoms with E-state index in [1.165, 1.54) is 19.2 Å². The molecule has 0 radical (unpaired) electrons. The average Bonchev–Trinajstić information content (AvgIpc) is 2.19. The molecule has 72 valence electrons. The minimum atomic E-state index is -0.461. The Kier molecular flexibility index (Phi) is 3.55. The fourth-order valence-corrected chi connectivity index (χ4v) is 1.67. The van der Waals surface area contributed by atoms with E-state index in [0.29, 0.717) is 20.5 Å². The van der Waals surface area contributed by atoms with Gasteiger partial charge in [-0.05, 0) is 28.1 Å². The molecule has 5 heteroatoms. The summed E-state index contributed by atoms with van der Waals surface area (Å²) in [4.78, 5) is 11.7. The predicted octanol–water partition coefficient (Wildman–Crippen LogP) is 2.40. The molecule has 0 aliphatic rings. The van der Waals surface area contributed by atoms with Crippen molar-refractivity contribution >= 4 is 34.5 Å². The van der Waals surface area contributed by atoms with E-state index in [-0.39, 0.29) is 0 Å². The zero-order valence-electron chi connectivity index (χ0n) is 7.24. The lowest BCUT2D eigenvalue weighted by Gasteiger charge is -2.04. The van der Waals surface area contributed by atoms with Crippen molar-refractivity contribution in [1.82, 2.24) is 0 Å². The quantitative estimate of drug-likeness (QED) is 0.630. The summed E-state index contributed by atoms with van der Waals surface area (Å²) in [6.07, 6.45) is 0. The third-order valence-electron chi connectivity index (χ3n) is 1.61. The summed E-state index contributed by atoms with van der Waals surface area (Å²) in [7, 11) is 1.30. The summed E-state index contributed by atoms with van der Waals surface area (Å²) < 4.78 is 5.09. The van der Waals surface area contributed by atoms with Gasteiger partial charge in [-0.15, -0.1) is 12.6 Å². The van der Waals surface area contributed by atoms with Crippen LogP contribution in [0.25, 0.3) is 0 Å². The van der Waals surface area contributed by atoms with Gasteiger partial charge in [0.1, 0.15) is 6.07 Å². The summed E-state index contributed by atoms with van der Waals surface area (Å²) in [6, 6.07) is 5.00. The maximum absolute atomic E-state index is 11.2. The molecule has 0 saturated heterocycles. The van der Waals surface area contributed by atoms with E-state index in [2.05, 4.69) is 33.3 Å². The number of thiol groups is 1. The van der Waals surface area contributed by atoms with Crippen molar-refractivity contribution in [3.63, 3.8) is 0 Å². The number of halogens is 1. The van der Waals surface area contributed by atoms with Crippen LogP contribution in [0.5, 0.6) is 0 Å². The van der Waals surface area contributed by atoms with Gasteiger partial charge in [0.2, 0.25) is 0 Å². The van der Waals surface area contributed by atoms with Gasteiger partial charge in [0.15, 0.2) is 0 Å². The molecule has 0 aliphatic carbocycles. The minimum Gasteiger partial charge on any atom is -0.465 e. The largest absolute Gasteiger partial charge is 0.465 e. The van der Waals surface area contributed by atoms with E-state index in [4.69, 9.17) is 5.26 Å². The zero-order valence-corrected chi connectivity index (χ0v) is 9.72. The highest BCUT2D eigenvalue weighted by molar-refractivity contribution is 9.10. The van der Waals surface area contributed by atoms with Crippen molar-refractivity contribution in [2.75, 3.05) is 7.11 Å². The van der Waals surface area contributed by atoms with Crippen molar-refractivity contribution in [3.8, 4) is 6.07 Å². The molecule has 0 N–H and O–H groups in total. The molecule has 0 heterocycles. The number of ether oxygens (including phenoxy) is 1. The number of esters is 1. The molecule has 0 bridgehead atoms. The van der Waals surface area contributed by atoms with Gasteiger partial charge in [-0.1, -0.05) is 0 Å². The Balaban J connectivity index is 3.30. The number of benzene rings is 1. The molecule has 1 rings (SSSR count). The van der Waals surface area contributed by atoms with Crippen molar-refractivity contribution in [1.29, 1.82) is 5.26 Å². The highest BCUT2D eigenvalue weighted by Gasteiger charge is 2.12. The summed E-state index contributed by atoms with van der Waals surface area (Å²) in [5.41, 5.74) is 0.768. The van der Waals surface area contributed by atoms with Crippen LogP contribution in [0.3, 0.4) is 0 Å². The average molecular weight is 272 g/mol. The molecule has 14 heavy (non-hydrogen) atoms. The smallest absolute Gasteiger partial charge is 0.339 e. The molecule has 0 saturated carbocycles. The van der Waals surface area contributed by atoms with Crippen LogP contribution >= 0.6 is 28.6 Å². The topological polar surface area (TPSA) is 50.1 Å². The van der Waals surface area contributed by atoms with Gasteiger partial charge in [-0.25, -0.2) is 4.79 Å². The summed E-state index contributed by atoms with van der Waals surface area (Å²) >= 11 is 7.25. The molecular formula is C9H6BrNO2S. The maximum atomic E-state index is 11.2. The van der Waals surface area contributed by atoms with E-state index in [1.54, 1.807) is 0 Å². The molecule has 0 fully saturated rings. The second-order valence-corrected chi connectivity index (χ2v) is 3.79. The van der Waals surface area contributed by atoms with Gasteiger partial charge in [-0.2, -0.15) is 5.26 Å². The van der Waals surface area contributed by atoms with Crippen LogP contribution in [-0.4, -0.2) is 13.1 Å². The van der Waals surface area contributed by atoms with Gasteiger partial charge in [0.05, 0.1) is 18.2 Å². The minimum absolute atomic E-state index is 0.358. The third kappa shape index (κ3) is 2.08. The van der Waals surface area contributed by atoms with Crippen molar-refractivity contribution in [2.45, 2.75) is 4.90 Å². The molecule has 3 nitrogen and oxygen atoms in total. The van der Waals surface area contributed by atoms with Crippen LogP contribution in [0, 0.1) is 11.3 Å². The van der Waals surface area contributed by atoms with Gasteiger partial charge in [0.25, 0.3) is 0 Å². The molecule has 0 aliphatic heterocycles. The fourth-order valence-electron chi connectivity index (χ4n) is 0.918. The Bertz CT molecular complexity index is 426. The highest BCUT2D eigenvalue weighted by Crippen LogP contribution is 2.24. The second-order valence-electron chi connectivity index (χ2n) is 2.45. The van der Waals surface area contributed by atoms with Crippen LogP contribution in [0.4, 0.5) is 0 Å². The number of carbonyl (C=O) groups is 1. The lowest BCUT2D eigenvalue weighted by Crippen LogP contribution is -2.02. The predicted molar refractivity (Wildman–Crippen MR) is 57.4 cm³/mol. The van der Waals surface area contributed by atoms with Crippen molar-refractivity contribution < 1.29 is 9.53 Å². The molecule has 0 unspecified atom stereocenters. The number of carbonyl (C=O) groups excluding carboxylic acids is 1. The zero-order chi connectivity index (χ0) is 10.7. The van der Waals surface area contributed by atoms with E-state index < -0.39 is 5.97 Å². The number of nitrogens with zero attached hydrogens (tertiary/aromatic N) is 1. The summed E-state index contributed by atoms with van der Waals surface area (Å²) in [5, 5.41) is 8.69. The first-order valence-corrected chi connectivity index (χ1v) is 4.85. The number of nitriles is 1. The number of rotatable bonds is 1. The lowest BCUT2D eigenvalue weighted by molar-refractivity contribution is 0.0599. The van der Waals surface area contributed by atoms with E-state index in [1.807, 2.05) is 6.07 Å². The summed E-state index contributed by atoms with van der Waals surface area (Å²) in [5.74, 6) is -0.461. The Morgan fingerprint density at radius 3 is 2.79 bits per heavy atom. The normalized spacial score (nSPS) is 9.29. The molecule has 0 atom stereocenters. The molecular weight excluding hydrogens is 266 g/mol. The third-order valence-corrected chi connectivity index (χ3v) is 2.64. The van der Waals surface area contributed by atoms with Crippen molar-refractivity contribution in [2.24, 2.45) is 0 Å². The molecule has 0 amide bonds. The Labute approximate surface area is 95.2 Å². The Morgan fingerprint density at radius 2 is 2.29 bits per heavy atom. The first-order valence-electron chi connectivity index (χ1n) is 3.61. The van der Waals surface area contributed by atoms with Gasteiger partial charge < -0.3 is 4.74 Å². The first-order chi connectivity index (χ1) is 6.60. The first kappa shape index (κ1) is 11.1. The Morgan fingerprint density at radius 1 is 1.64 bits per heavy atom. The van der Waals surface area contributed by atoms with E-state index in [0.717, 1.165) is 0 Å². The van der Waals surface area contributed by atoms with Crippen LogP contribution < -0.4 is 0 Å². The van der Waals surface area contributed by atoms with Crippen LogP contribution in [0.2, 0.25) is 0 Å². The van der Waals surface area contributed by atoms with Crippen LogP contribution in [0.1, 0.15) is 15.9 Å². The highest BCUT2D eigenvalue weighted by atomic mass is 79.9. The monoisotopic (exact) mass is 271 g/mol. The number of methoxy groups -OCH3 is 1. The van der Waals surface area contributed by atoms with Crippen molar-refractivity contribution in [3.05, 3.63) is 27.7 Å². The number of hydrogen-bond donors (Lipinski definition) is 1. The fraction of sp³-hybridized carbons (Fsp3) is 0.111. The van der Waals surface area contributed by atoms with Gasteiger partial charge in [-0.3, -0.25) is 0 Å². The molecule has 0 spiro atoms. The van der Waals surface area contributed by atoms with Gasteiger partial charge in [0, 0.05) is 9.37 Å². The second kappa shape index (κ2) is 4.49. The lowest BCUT2D eigenvalue weighted by atomic mass is 10.1. The number of hydrogen-bond acceptors (Lipinski definition) is 4. The standard InChI is InChI=1S/C9H6BrNO2S/c1-13-9(12)6-3-8(14)5(4-11)2-7(6)10/h2-3,14H,1H3.